The number of carbonyl (C=O) groups is 1. The predicted molar refractivity (Wildman–Crippen MR) is 103 cm³/mol. The SMILES string of the molecule is COc1c2c(cc3c1[C@@H](C(=O)Nc1cc(C)ccc1C)N(C)CC3)OCO2. The molecule has 0 aromatic heterocycles. The fraction of sp³-hybridized carbons (Fsp3) is 0.381. The van der Waals surface area contributed by atoms with E-state index in [0.717, 1.165) is 40.9 Å². The second-order valence-electron chi connectivity index (χ2n) is 7.16. The normalized spacial score (nSPS) is 18.1. The summed E-state index contributed by atoms with van der Waals surface area (Å²) < 4.78 is 16.8. The van der Waals surface area contributed by atoms with E-state index < -0.39 is 6.04 Å². The summed E-state index contributed by atoms with van der Waals surface area (Å²) in [7, 11) is 3.56. The van der Waals surface area contributed by atoms with Gasteiger partial charge in [-0.05, 0) is 56.1 Å². The van der Waals surface area contributed by atoms with Crippen LogP contribution in [0.3, 0.4) is 0 Å². The summed E-state index contributed by atoms with van der Waals surface area (Å²) in [6.45, 7) is 4.96. The molecular formula is C21H24N2O4. The van der Waals surface area contributed by atoms with Crippen LogP contribution in [0, 0.1) is 13.8 Å². The van der Waals surface area contributed by atoms with Crippen molar-refractivity contribution in [2.24, 2.45) is 0 Å². The minimum atomic E-state index is -0.460. The average molecular weight is 368 g/mol. The van der Waals surface area contributed by atoms with E-state index in [-0.39, 0.29) is 12.7 Å². The van der Waals surface area contributed by atoms with Gasteiger partial charge >= 0.3 is 0 Å². The molecule has 1 amide bonds. The number of rotatable bonds is 3. The fourth-order valence-corrected chi connectivity index (χ4v) is 3.84. The lowest BCUT2D eigenvalue weighted by Crippen LogP contribution is -2.40. The van der Waals surface area contributed by atoms with Gasteiger partial charge in [0.2, 0.25) is 18.4 Å². The Bertz CT molecular complexity index is 910. The summed E-state index contributed by atoms with van der Waals surface area (Å²) in [6, 6.07) is 7.57. The highest BCUT2D eigenvalue weighted by Gasteiger charge is 2.37. The molecule has 6 nitrogen and oxygen atoms in total. The number of hydrogen-bond donors (Lipinski definition) is 1. The van der Waals surface area contributed by atoms with Crippen LogP contribution in [-0.4, -0.2) is 38.3 Å². The summed E-state index contributed by atoms with van der Waals surface area (Å²) in [4.78, 5) is 15.3. The van der Waals surface area contributed by atoms with Crippen molar-refractivity contribution in [3.05, 3.63) is 46.5 Å². The van der Waals surface area contributed by atoms with Crippen molar-refractivity contribution in [2.75, 3.05) is 32.8 Å². The fourth-order valence-electron chi connectivity index (χ4n) is 3.84. The Morgan fingerprint density at radius 3 is 2.85 bits per heavy atom. The first-order valence-electron chi connectivity index (χ1n) is 9.07. The Labute approximate surface area is 159 Å². The van der Waals surface area contributed by atoms with Gasteiger partial charge in [-0.15, -0.1) is 0 Å². The van der Waals surface area contributed by atoms with E-state index in [9.17, 15) is 4.79 Å². The van der Waals surface area contributed by atoms with Crippen LogP contribution in [-0.2, 0) is 11.2 Å². The highest BCUT2D eigenvalue weighted by Crippen LogP contribution is 2.49. The van der Waals surface area contributed by atoms with Gasteiger partial charge in [-0.2, -0.15) is 0 Å². The molecular weight excluding hydrogens is 344 g/mol. The number of hydrogen-bond acceptors (Lipinski definition) is 5. The lowest BCUT2D eigenvalue weighted by Gasteiger charge is -2.34. The van der Waals surface area contributed by atoms with Crippen molar-refractivity contribution in [1.82, 2.24) is 4.90 Å². The molecule has 0 saturated carbocycles. The number of carbonyl (C=O) groups excluding carboxylic acids is 1. The molecule has 2 heterocycles. The molecule has 0 saturated heterocycles. The van der Waals surface area contributed by atoms with E-state index >= 15 is 0 Å². The van der Waals surface area contributed by atoms with Crippen molar-refractivity contribution in [2.45, 2.75) is 26.3 Å². The number of anilines is 1. The zero-order chi connectivity index (χ0) is 19.1. The van der Waals surface area contributed by atoms with Gasteiger partial charge in [0.15, 0.2) is 11.5 Å². The Hall–Kier alpha value is -2.73. The summed E-state index contributed by atoms with van der Waals surface area (Å²) in [5.41, 5.74) is 4.90. The highest BCUT2D eigenvalue weighted by atomic mass is 16.7. The van der Waals surface area contributed by atoms with Crippen LogP contribution in [0.4, 0.5) is 5.69 Å². The molecule has 0 spiro atoms. The van der Waals surface area contributed by atoms with E-state index in [1.54, 1.807) is 7.11 Å². The molecule has 0 bridgehead atoms. The third kappa shape index (κ3) is 3.00. The number of benzene rings is 2. The molecule has 2 aromatic carbocycles. The number of nitrogens with one attached hydrogen (secondary N) is 1. The maximum atomic E-state index is 13.3. The van der Waals surface area contributed by atoms with Crippen molar-refractivity contribution in [3.8, 4) is 17.2 Å². The van der Waals surface area contributed by atoms with Gasteiger partial charge in [0, 0.05) is 17.8 Å². The van der Waals surface area contributed by atoms with Gasteiger partial charge in [0.25, 0.3) is 0 Å². The molecule has 0 radical (unpaired) electrons. The second kappa shape index (κ2) is 6.78. The van der Waals surface area contributed by atoms with Crippen molar-refractivity contribution >= 4 is 11.6 Å². The molecule has 2 aliphatic rings. The largest absolute Gasteiger partial charge is 0.492 e. The first-order valence-corrected chi connectivity index (χ1v) is 9.07. The molecule has 1 atom stereocenters. The van der Waals surface area contributed by atoms with Gasteiger partial charge in [0.05, 0.1) is 7.11 Å². The molecule has 0 fully saturated rings. The summed E-state index contributed by atoms with van der Waals surface area (Å²) >= 11 is 0. The van der Waals surface area contributed by atoms with Gasteiger partial charge in [-0.1, -0.05) is 12.1 Å². The van der Waals surface area contributed by atoms with Gasteiger partial charge < -0.3 is 19.5 Å². The summed E-state index contributed by atoms with van der Waals surface area (Å²) in [5.74, 6) is 1.77. The zero-order valence-electron chi connectivity index (χ0n) is 16.1. The van der Waals surface area contributed by atoms with Gasteiger partial charge in [-0.25, -0.2) is 0 Å². The third-order valence-corrected chi connectivity index (χ3v) is 5.30. The van der Waals surface area contributed by atoms with Crippen LogP contribution < -0.4 is 19.5 Å². The van der Waals surface area contributed by atoms with E-state index in [1.807, 2.05) is 50.1 Å². The zero-order valence-corrected chi connectivity index (χ0v) is 16.1. The third-order valence-electron chi connectivity index (χ3n) is 5.30. The Balaban J connectivity index is 1.76. The molecule has 27 heavy (non-hydrogen) atoms. The Morgan fingerprint density at radius 2 is 2.07 bits per heavy atom. The number of fused-ring (bicyclic) bond motifs is 2. The number of amides is 1. The summed E-state index contributed by atoms with van der Waals surface area (Å²) in [6.07, 6.45) is 0.825. The van der Waals surface area contributed by atoms with Crippen molar-refractivity contribution < 1.29 is 19.0 Å². The maximum Gasteiger partial charge on any atom is 0.246 e. The molecule has 2 aliphatic heterocycles. The van der Waals surface area contributed by atoms with E-state index in [1.165, 1.54) is 0 Å². The first kappa shape index (κ1) is 17.7. The predicted octanol–water partition coefficient (Wildman–Crippen LogP) is 3.21. The Kier molecular flexibility index (Phi) is 4.44. The smallest absolute Gasteiger partial charge is 0.246 e. The van der Waals surface area contributed by atoms with Crippen molar-refractivity contribution in [3.63, 3.8) is 0 Å². The average Bonchev–Trinajstić information content (AvgIpc) is 3.11. The van der Waals surface area contributed by atoms with Crippen LogP contribution in [0.5, 0.6) is 17.2 Å². The quantitative estimate of drug-likeness (QED) is 0.902. The van der Waals surface area contributed by atoms with E-state index in [4.69, 9.17) is 14.2 Å². The van der Waals surface area contributed by atoms with Crippen LogP contribution in [0.2, 0.25) is 0 Å². The summed E-state index contributed by atoms with van der Waals surface area (Å²) in [5, 5.41) is 3.10. The van der Waals surface area contributed by atoms with Crippen LogP contribution in [0.25, 0.3) is 0 Å². The number of likely N-dealkylation sites (N-methyl/N-ethyl adjacent to an activating group) is 1. The highest BCUT2D eigenvalue weighted by molar-refractivity contribution is 5.97. The van der Waals surface area contributed by atoms with Gasteiger partial charge in [0.1, 0.15) is 6.04 Å². The molecule has 0 aliphatic carbocycles. The van der Waals surface area contributed by atoms with E-state index in [2.05, 4.69) is 5.32 Å². The number of aryl methyl sites for hydroxylation is 2. The number of ether oxygens (including phenoxy) is 3. The molecule has 0 unspecified atom stereocenters. The number of methoxy groups -OCH3 is 1. The maximum absolute atomic E-state index is 13.3. The lowest BCUT2D eigenvalue weighted by molar-refractivity contribution is -0.121. The standard InChI is InChI=1S/C21H24N2O4/c1-12-5-6-13(2)15(9-12)22-21(24)18-17-14(7-8-23(18)3)10-16-19(20(17)25-4)27-11-26-16/h5-6,9-10,18H,7-8,11H2,1-4H3,(H,22,24)/t18-/m0/s1. The van der Waals surface area contributed by atoms with Crippen LogP contribution >= 0.6 is 0 Å². The lowest BCUT2D eigenvalue weighted by atomic mass is 9.90. The molecule has 2 aromatic rings. The van der Waals surface area contributed by atoms with Crippen LogP contribution in [0.1, 0.15) is 28.3 Å². The van der Waals surface area contributed by atoms with Gasteiger partial charge in [-0.3, -0.25) is 9.69 Å². The van der Waals surface area contributed by atoms with E-state index in [0.29, 0.717) is 17.2 Å². The first-order chi connectivity index (χ1) is 13.0. The monoisotopic (exact) mass is 368 g/mol. The minimum Gasteiger partial charge on any atom is -0.492 e. The second-order valence-corrected chi connectivity index (χ2v) is 7.16. The Morgan fingerprint density at radius 1 is 1.26 bits per heavy atom. The molecule has 4 rings (SSSR count). The molecule has 142 valence electrons. The number of nitrogens with zero attached hydrogens (tertiary/aromatic N) is 1. The van der Waals surface area contributed by atoms with Crippen molar-refractivity contribution in [1.29, 1.82) is 0 Å². The topological polar surface area (TPSA) is 60.0 Å². The molecule has 1 N–H and O–H groups in total. The molecule has 6 heteroatoms. The minimum absolute atomic E-state index is 0.0793. The van der Waals surface area contributed by atoms with Crippen LogP contribution in [0.15, 0.2) is 24.3 Å².